The van der Waals surface area contributed by atoms with Crippen molar-refractivity contribution >= 4 is 29.9 Å². The molecule has 11 heteroatoms. The average Bonchev–Trinajstić information content (AvgIpc) is 2.96. The third kappa shape index (κ3) is 4.90. The highest BCUT2D eigenvalue weighted by Crippen LogP contribution is 2.14. The number of nitrogens with zero attached hydrogens (tertiary/aromatic N) is 5. The lowest BCUT2D eigenvalue weighted by Crippen LogP contribution is -2.15. The van der Waals surface area contributed by atoms with Gasteiger partial charge in [-0.05, 0) is 26.8 Å². The minimum absolute atomic E-state index is 0.155. The third-order valence-electron chi connectivity index (χ3n) is 2.54. The molecule has 0 aliphatic rings. The van der Waals surface area contributed by atoms with Gasteiger partial charge in [-0.2, -0.15) is 20.1 Å². The summed E-state index contributed by atoms with van der Waals surface area (Å²) in [6, 6.07) is 2.84. The molecule has 2 aromatic heterocycles. The molecule has 0 aliphatic heterocycles. The van der Waals surface area contributed by atoms with E-state index < -0.39 is 4.92 Å². The van der Waals surface area contributed by atoms with E-state index in [0.717, 1.165) is 0 Å². The van der Waals surface area contributed by atoms with E-state index in [1.54, 1.807) is 0 Å². The number of nitro groups is 1. The fourth-order valence-corrected chi connectivity index (χ4v) is 1.65. The van der Waals surface area contributed by atoms with Crippen molar-refractivity contribution in [3.05, 3.63) is 28.0 Å². The van der Waals surface area contributed by atoms with Gasteiger partial charge >= 0.3 is 5.88 Å². The van der Waals surface area contributed by atoms with Gasteiger partial charge in [-0.1, -0.05) is 0 Å². The van der Waals surface area contributed by atoms with Gasteiger partial charge in [0.05, 0.1) is 12.3 Å². The Labute approximate surface area is 137 Å². The van der Waals surface area contributed by atoms with Crippen LogP contribution in [0.1, 0.15) is 26.5 Å². The van der Waals surface area contributed by atoms with Crippen molar-refractivity contribution in [3.63, 3.8) is 0 Å². The summed E-state index contributed by atoms with van der Waals surface area (Å²) in [5, 5.41) is 20.5. The number of hydrogen-bond acceptors (Lipinski definition) is 10. The number of aromatic nitrogens is 3. The second kappa shape index (κ2) is 7.85. The molecule has 24 heavy (non-hydrogen) atoms. The largest absolute Gasteiger partial charge is 0.433 e. The summed E-state index contributed by atoms with van der Waals surface area (Å²) in [4.78, 5) is 22.5. The maximum Gasteiger partial charge on any atom is 0.433 e. The second-order valence-corrected chi connectivity index (χ2v) is 4.94. The van der Waals surface area contributed by atoms with Crippen LogP contribution in [0.4, 0.5) is 23.7 Å². The summed E-state index contributed by atoms with van der Waals surface area (Å²) in [5.41, 5.74) is 2.64. The van der Waals surface area contributed by atoms with Crippen molar-refractivity contribution in [2.45, 2.75) is 26.8 Å². The molecule has 2 heterocycles. The number of anilines is 3. The first kappa shape index (κ1) is 17.1. The smallest absolute Gasteiger partial charge is 0.400 e. The monoisotopic (exact) mass is 334 g/mol. The van der Waals surface area contributed by atoms with Crippen LogP contribution in [0.15, 0.2) is 21.7 Å². The Bertz CT molecular complexity index is 728. The number of hydrogen-bond donors (Lipinski definition) is 3. The summed E-state index contributed by atoms with van der Waals surface area (Å²) in [6.45, 7) is 6.51. The zero-order chi connectivity index (χ0) is 17.5. The maximum absolute atomic E-state index is 10.5. The van der Waals surface area contributed by atoms with Crippen LogP contribution in [-0.4, -0.2) is 38.7 Å². The van der Waals surface area contributed by atoms with E-state index in [0.29, 0.717) is 18.4 Å². The minimum atomic E-state index is -0.622. The van der Waals surface area contributed by atoms with E-state index in [4.69, 9.17) is 4.42 Å². The quantitative estimate of drug-likeness (QED) is 0.375. The van der Waals surface area contributed by atoms with Gasteiger partial charge in [-0.3, -0.25) is 10.1 Å². The van der Waals surface area contributed by atoms with Gasteiger partial charge in [0.2, 0.25) is 17.8 Å². The van der Waals surface area contributed by atoms with Crippen LogP contribution in [0.2, 0.25) is 0 Å². The summed E-state index contributed by atoms with van der Waals surface area (Å²) < 4.78 is 4.96. The Morgan fingerprint density at radius 3 is 2.62 bits per heavy atom. The van der Waals surface area contributed by atoms with Gasteiger partial charge in [0.15, 0.2) is 5.76 Å². The number of hydrazone groups is 1. The van der Waals surface area contributed by atoms with Crippen LogP contribution in [0, 0.1) is 10.1 Å². The number of furan rings is 1. The fourth-order valence-electron chi connectivity index (χ4n) is 1.65. The Morgan fingerprint density at radius 1 is 1.29 bits per heavy atom. The van der Waals surface area contributed by atoms with Gasteiger partial charge in [0.25, 0.3) is 0 Å². The highest BCUT2D eigenvalue weighted by Gasteiger charge is 2.10. The Balaban J connectivity index is 2.10. The van der Waals surface area contributed by atoms with E-state index in [2.05, 4.69) is 36.1 Å². The minimum Gasteiger partial charge on any atom is -0.400 e. The molecular weight excluding hydrogens is 316 g/mol. The van der Waals surface area contributed by atoms with Crippen molar-refractivity contribution in [2.24, 2.45) is 5.10 Å². The van der Waals surface area contributed by atoms with Gasteiger partial charge in [0, 0.05) is 12.6 Å². The molecule has 2 aromatic rings. The SMILES string of the molecule is CCNc1nc(N/N=C/c2ccc([N+](=O)[O-])o2)nc(NC(C)C)n1. The van der Waals surface area contributed by atoms with Crippen molar-refractivity contribution in [1.29, 1.82) is 0 Å². The highest BCUT2D eigenvalue weighted by molar-refractivity contribution is 5.76. The van der Waals surface area contributed by atoms with Crippen LogP contribution in [0.25, 0.3) is 0 Å². The number of nitrogens with one attached hydrogen (secondary N) is 3. The molecule has 0 bridgehead atoms. The molecule has 11 nitrogen and oxygen atoms in total. The molecule has 0 amide bonds. The summed E-state index contributed by atoms with van der Waals surface area (Å²) in [6.07, 6.45) is 1.29. The summed E-state index contributed by atoms with van der Waals surface area (Å²) in [7, 11) is 0. The molecule has 0 spiro atoms. The van der Waals surface area contributed by atoms with Crippen molar-refractivity contribution < 1.29 is 9.34 Å². The highest BCUT2D eigenvalue weighted by atomic mass is 16.6. The average molecular weight is 334 g/mol. The summed E-state index contributed by atoms with van der Waals surface area (Å²) in [5.74, 6) is 0.913. The van der Waals surface area contributed by atoms with Gasteiger partial charge < -0.3 is 15.1 Å². The van der Waals surface area contributed by atoms with E-state index in [9.17, 15) is 10.1 Å². The van der Waals surface area contributed by atoms with Crippen molar-refractivity contribution in [3.8, 4) is 0 Å². The molecule has 0 unspecified atom stereocenters. The van der Waals surface area contributed by atoms with E-state index >= 15 is 0 Å². The first-order valence-electron chi connectivity index (χ1n) is 7.27. The van der Waals surface area contributed by atoms with Crippen molar-refractivity contribution in [1.82, 2.24) is 15.0 Å². The molecule has 2 rings (SSSR count). The van der Waals surface area contributed by atoms with Gasteiger partial charge in [0.1, 0.15) is 4.92 Å². The number of rotatable bonds is 8. The second-order valence-electron chi connectivity index (χ2n) is 4.94. The van der Waals surface area contributed by atoms with Crippen LogP contribution in [0.3, 0.4) is 0 Å². The lowest BCUT2D eigenvalue weighted by atomic mass is 10.4. The van der Waals surface area contributed by atoms with Crippen LogP contribution in [-0.2, 0) is 0 Å². The summed E-state index contributed by atoms with van der Waals surface area (Å²) >= 11 is 0. The molecular formula is C13H18N8O3. The van der Waals surface area contributed by atoms with E-state index in [1.807, 2.05) is 20.8 Å². The van der Waals surface area contributed by atoms with Crippen molar-refractivity contribution in [2.75, 3.05) is 22.6 Å². The predicted molar refractivity (Wildman–Crippen MR) is 89.3 cm³/mol. The lowest BCUT2D eigenvalue weighted by molar-refractivity contribution is -0.402. The molecule has 0 atom stereocenters. The van der Waals surface area contributed by atoms with Gasteiger partial charge in [-0.15, -0.1) is 0 Å². The third-order valence-corrected chi connectivity index (χ3v) is 2.54. The molecule has 0 aliphatic carbocycles. The fraction of sp³-hybridized carbons (Fsp3) is 0.385. The first-order chi connectivity index (χ1) is 11.5. The molecule has 3 N–H and O–H groups in total. The topological polar surface area (TPSA) is 143 Å². The Hall–Kier alpha value is -3.24. The molecule has 0 aromatic carbocycles. The first-order valence-corrected chi connectivity index (χ1v) is 7.27. The molecule has 0 fully saturated rings. The molecule has 0 saturated carbocycles. The Morgan fingerprint density at radius 2 is 2.00 bits per heavy atom. The molecule has 0 saturated heterocycles. The zero-order valence-electron chi connectivity index (χ0n) is 13.5. The van der Waals surface area contributed by atoms with E-state index in [1.165, 1.54) is 18.3 Å². The Kier molecular flexibility index (Phi) is 5.60. The van der Waals surface area contributed by atoms with Crippen LogP contribution >= 0.6 is 0 Å². The molecule has 128 valence electrons. The standard InChI is InChI=1S/C13H18N8O3/c1-4-14-11-17-12(16-8(2)3)19-13(18-11)20-15-7-9-5-6-10(24-9)21(22)23/h5-8H,4H2,1-3H3,(H3,14,16,17,18,19,20)/b15-7+. The van der Waals surface area contributed by atoms with Crippen LogP contribution < -0.4 is 16.1 Å². The lowest BCUT2D eigenvalue weighted by Gasteiger charge is -2.10. The van der Waals surface area contributed by atoms with Gasteiger partial charge in [-0.25, -0.2) is 5.43 Å². The van der Waals surface area contributed by atoms with Crippen LogP contribution in [0.5, 0.6) is 0 Å². The molecule has 0 radical (unpaired) electrons. The zero-order valence-corrected chi connectivity index (χ0v) is 13.5. The maximum atomic E-state index is 10.5. The predicted octanol–water partition coefficient (Wildman–Crippen LogP) is 2.07. The normalized spacial score (nSPS) is 11.0. The van der Waals surface area contributed by atoms with E-state index in [-0.39, 0.29) is 23.6 Å².